The molecule has 2 heterocycles. The van der Waals surface area contributed by atoms with Crippen LogP contribution in [0.1, 0.15) is 34.9 Å². The van der Waals surface area contributed by atoms with Gasteiger partial charge < -0.3 is 4.74 Å². The predicted octanol–water partition coefficient (Wildman–Crippen LogP) is 9.71. The molecule has 1 amide bonds. The molecule has 242 valence electrons. The lowest BCUT2D eigenvalue weighted by atomic mass is 9.67. The van der Waals surface area contributed by atoms with E-state index in [0.29, 0.717) is 27.0 Å². The van der Waals surface area contributed by atoms with Gasteiger partial charge in [-0.2, -0.15) is 5.10 Å². The third-order valence-corrected chi connectivity index (χ3v) is 9.56. The molecule has 7 aromatic rings. The number of nitrogens with zero attached hydrogens (tertiary/aromatic N) is 4. The number of rotatable bonds is 10. The zero-order chi connectivity index (χ0) is 33.8. The molecule has 0 fully saturated rings. The van der Waals surface area contributed by atoms with E-state index in [0.717, 1.165) is 33.2 Å². The van der Waals surface area contributed by atoms with Crippen LogP contribution in [0.5, 0.6) is 5.75 Å². The SMILES string of the molecule is CC(=O)N(Cn1ccc(C(c2ccccc2)(c2ccccc2)c2ccccc2)n1)c1ccc(Cl)c(COc2cccc3cnccc23)c1Cl. The summed E-state index contributed by atoms with van der Waals surface area (Å²) in [5, 5.41) is 7.83. The largest absolute Gasteiger partial charge is 0.488 e. The Hall–Kier alpha value is -5.43. The summed E-state index contributed by atoms with van der Waals surface area (Å²) in [5.41, 5.74) is 4.43. The molecule has 0 spiro atoms. The predicted molar refractivity (Wildman–Crippen MR) is 196 cm³/mol. The molecule has 0 saturated heterocycles. The maximum Gasteiger partial charge on any atom is 0.225 e. The first kappa shape index (κ1) is 32.1. The Morgan fingerprint density at radius 1 is 0.776 bits per heavy atom. The van der Waals surface area contributed by atoms with Crippen molar-refractivity contribution < 1.29 is 9.53 Å². The lowest BCUT2D eigenvalue weighted by Crippen LogP contribution is -2.33. The van der Waals surface area contributed by atoms with Crippen LogP contribution >= 0.6 is 23.2 Å². The van der Waals surface area contributed by atoms with Crippen molar-refractivity contribution in [2.75, 3.05) is 4.90 Å². The summed E-state index contributed by atoms with van der Waals surface area (Å²) in [7, 11) is 0. The van der Waals surface area contributed by atoms with Crippen LogP contribution in [0.2, 0.25) is 10.0 Å². The van der Waals surface area contributed by atoms with Gasteiger partial charge in [-0.1, -0.05) is 126 Å². The van der Waals surface area contributed by atoms with E-state index >= 15 is 0 Å². The number of halogens is 2. The van der Waals surface area contributed by atoms with Crippen LogP contribution in [0.15, 0.2) is 152 Å². The summed E-state index contributed by atoms with van der Waals surface area (Å²) >= 11 is 13.7. The number of aromatic nitrogens is 3. The summed E-state index contributed by atoms with van der Waals surface area (Å²) in [5.74, 6) is 0.485. The second-order valence-corrected chi connectivity index (χ2v) is 12.5. The van der Waals surface area contributed by atoms with E-state index < -0.39 is 5.41 Å². The second kappa shape index (κ2) is 14.0. The molecular weight excluding hydrogens is 651 g/mol. The van der Waals surface area contributed by atoms with Crippen molar-refractivity contribution in [1.82, 2.24) is 14.8 Å². The third kappa shape index (κ3) is 6.17. The highest BCUT2D eigenvalue weighted by atomic mass is 35.5. The number of ether oxygens (including phenoxy) is 1. The standard InChI is InChI=1S/C41H32Cl2N4O2/c1-29(48)47(37-21-20-36(42)35(40(37)43)27-49-38-19-11-12-30-26-44-24-22-34(30)38)28-46-25-23-39(45-46)41(31-13-5-2-6-14-31,32-15-7-3-8-16-32)33-17-9-4-10-18-33/h2-26H,27-28H2,1H3. The summed E-state index contributed by atoms with van der Waals surface area (Å²) in [6.45, 7) is 1.75. The molecule has 8 heteroatoms. The number of pyridine rings is 1. The maximum absolute atomic E-state index is 13.2. The molecule has 2 aromatic heterocycles. The van der Waals surface area contributed by atoms with Gasteiger partial charge in [-0.25, -0.2) is 0 Å². The summed E-state index contributed by atoms with van der Waals surface area (Å²) < 4.78 is 8.00. The van der Waals surface area contributed by atoms with Crippen molar-refractivity contribution in [2.45, 2.75) is 25.6 Å². The molecule has 0 aliphatic heterocycles. The molecule has 0 bridgehead atoms. The smallest absolute Gasteiger partial charge is 0.225 e. The van der Waals surface area contributed by atoms with Crippen LogP contribution in [-0.2, 0) is 23.5 Å². The van der Waals surface area contributed by atoms with Gasteiger partial charge in [0.25, 0.3) is 0 Å². The van der Waals surface area contributed by atoms with E-state index in [1.165, 1.54) is 6.92 Å². The monoisotopic (exact) mass is 682 g/mol. The molecule has 0 N–H and O–H groups in total. The fraction of sp³-hybridized carbons (Fsp3) is 0.0976. The van der Waals surface area contributed by atoms with Gasteiger partial charge in [0.05, 0.1) is 21.8 Å². The molecule has 0 aliphatic carbocycles. The van der Waals surface area contributed by atoms with E-state index in [1.54, 1.807) is 34.1 Å². The molecule has 0 atom stereocenters. The Morgan fingerprint density at radius 2 is 1.41 bits per heavy atom. The van der Waals surface area contributed by atoms with Crippen LogP contribution in [0.25, 0.3) is 10.8 Å². The zero-order valence-electron chi connectivity index (χ0n) is 26.7. The van der Waals surface area contributed by atoms with Crippen molar-refractivity contribution in [2.24, 2.45) is 0 Å². The molecule has 0 unspecified atom stereocenters. The molecule has 0 aliphatic rings. The average Bonchev–Trinajstić information content (AvgIpc) is 3.61. The van der Waals surface area contributed by atoms with E-state index in [-0.39, 0.29) is 19.2 Å². The van der Waals surface area contributed by atoms with E-state index in [9.17, 15) is 4.79 Å². The first-order valence-corrected chi connectivity index (χ1v) is 16.6. The van der Waals surface area contributed by atoms with E-state index in [1.807, 2.05) is 91.1 Å². The van der Waals surface area contributed by atoms with Crippen LogP contribution in [0, 0.1) is 0 Å². The van der Waals surface area contributed by atoms with Crippen LogP contribution in [0.3, 0.4) is 0 Å². The second-order valence-electron chi connectivity index (χ2n) is 11.7. The summed E-state index contributed by atoms with van der Waals surface area (Å²) in [6.07, 6.45) is 5.42. The van der Waals surface area contributed by atoms with Crippen LogP contribution in [0.4, 0.5) is 5.69 Å². The molecule has 7 rings (SSSR count). The molecule has 0 saturated carbocycles. The van der Waals surface area contributed by atoms with Gasteiger partial charge >= 0.3 is 0 Å². The van der Waals surface area contributed by atoms with Gasteiger partial charge in [-0.15, -0.1) is 0 Å². The zero-order valence-corrected chi connectivity index (χ0v) is 28.2. The van der Waals surface area contributed by atoms with Crippen molar-refractivity contribution in [3.05, 3.63) is 190 Å². The molecule has 6 nitrogen and oxygen atoms in total. The van der Waals surface area contributed by atoms with Crippen molar-refractivity contribution in [3.8, 4) is 5.75 Å². The number of amides is 1. The average molecular weight is 684 g/mol. The van der Waals surface area contributed by atoms with Crippen LogP contribution in [-0.4, -0.2) is 20.7 Å². The fourth-order valence-electron chi connectivity index (χ4n) is 6.43. The van der Waals surface area contributed by atoms with Crippen LogP contribution < -0.4 is 9.64 Å². The number of carbonyl (C=O) groups is 1. The number of fused-ring (bicyclic) bond motifs is 1. The Bertz CT molecular complexity index is 2120. The minimum atomic E-state index is -0.712. The molecule has 5 aromatic carbocycles. The maximum atomic E-state index is 13.2. The Labute approximate surface area is 295 Å². The molecule has 0 radical (unpaired) electrons. The minimum absolute atomic E-state index is 0.109. The van der Waals surface area contributed by atoms with E-state index in [4.69, 9.17) is 33.0 Å². The summed E-state index contributed by atoms with van der Waals surface area (Å²) in [6, 6.07) is 44.3. The number of benzene rings is 5. The van der Waals surface area contributed by atoms with E-state index in [2.05, 4.69) is 41.4 Å². The number of hydrogen-bond acceptors (Lipinski definition) is 4. The first-order chi connectivity index (χ1) is 24.0. The first-order valence-electron chi connectivity index (χ1n) is 15.9. The number of carbonyl (C=O) groups excluding carboxylic acids is 1. The lowest BCUT2D eigenvalue weighted by Gasteiger charge is -2.34. The Kier molecular flexibility index (Phi) is 9.16. The molecular formula is C41H32Cl2N4O2. The third-order valence-electron chi connectivity index (χ3n) is 8.78. The highest BCUT2D eigenvalue weighted by molar-refractivity contribution is 6.38. The van der Waals surface area contributed by atoms with Gasteiger partial charge in [-0.3, -0.25) is 19.4 Å². The fourth-order valence-corrected chi connectivity index (χ4v) is 7.02. The van der Waals surface area contributed by atoms with Crippen molar-refractivity contribution in [3.63, 3.8) is 0 Å². The summed E-state index contributed by atoms with van der Waals surface area (Å²) in [4.78, 5) is 19.0. The Balaban J connectivity index is 1.25. The van der Waals surface area contributed by atoms with Gasteiger partial charge in [0, 0.05) is 46.9 Å². The number of anilines is 1. The minimum Gasteiger partial charge on any atom is -0.488 e. The highest BCUT2D eigenvalue weighted by Gasteiger charge is 2.40. The van der Waals surface area contributed by atoms with Gasteiger partial charge in [0.15, 0.2) is 0 Å². The number of hydrogen-bond donors (Lipinski definition) is 0. The van der Waals surface area contributed by atoms with Gasteiger partial charge in [-0.05, 0) is 47.0 Å². The topological polar surface area (TPSA) is 60.2 Å². The highest BCUT2D eigenvalue weighted by Crippen LogP contribution is 2.44. The van der Waals surface area contributed by atoms with Gasteiger partial charge in [0.2, 0.25) is 5.91 Å². The quantitative estimate of drug-likeness (QED) is 0.135. The lowest BCUT2D eigenvalue weighted by molar-refractivity contribution is -0.117. The Morgan fingerprint density at radius 3 is 2.02 bits per heavy atom. The van der Waals surface area contributed by atoms with Crippen molar-refractivity contribution >= 4 is 45.6 Å². The van der Waals surface area contributed by atoms with Crippen molar-refractivity contribution in [1.29, 1.82) is 0 Å². The normalized spacial score (nSPS) is 11.4. The molecule has 49 heavy (non-hydrogen) atoms. The van der Waals surface area contributed by atoms with Gasteiger partial charge in [0.1, 0.15) is 19.0 Å².